The van der Waals surface area contributed by atoms with E-state index in [1.165, 1.54) is 36.6 Å². The highest BCUT2D eigenvalue weighted by molar-refractivity contribution is 5.82. The van der Waals surface area contributed by atoms with Gasteiger partial charge in [-0.15, -0.1) is 0 Å². The van der Waals surface area contributed by atoms with Gasteiger partial charge in [0.2, 0.25) is 0 Å². The Labute approximate surface area is 121 Å². The van der Waals surface area contributed by atoms with Crippen LogP contribution in [0.3, 0.4) is 0 Å². The summed E-state index contributed by atoms with van der Waals surface area (Å²) in [6, 6.07) is 8.92. The van der Waals surface area contributed by atoms with Crippen molar-refractivity contribution >= 4 is 11.0 Å². The second-order valence-electron chi connectivity index (χ2n) is 5.93. The predicted molar refractivity (Wildman–Crippen MR) is 84.0 cm³/mol. The lowest BCUT2D eigenvalue weighted by Gasteiger charge is -2.30. The van der Waals surface area contributed by atoms with E-state index in [0.717, 1.165) is 30.2 Å². The molecule has 1 N–H and O–H groups in total. The molecule has 2 nitrogen and oxygen atoms in total. The Morgan fingerprint density at radius 2 is 2.05 bits per heavy atom. The van der Waals surface area contributed by atoms with E-state index in [-0.39, 0.29) is 0 Å². The average Bonchev–Trinajstić information content (AvgIpc) is 2.80. The Morgan fingerprint density at radius 3 is 2.70 bits per heavy atom. The number of benzene rings is 1. The van der Waals surface area contributed by atoms with E-state index in [1.54, 1.807) is 0 Å². The van der Waals surface area contributed by atoms with Gasteiger partial charge >= 0.3 is 0 Å². The molecule has 0 aliphatic heterocycles. The molecule has 0 bridgehead atoms. The van der Waals surface area contributed by atoms with Crippen molar-refractivity contribution < 1.29 is 4.42 Å². The van der Waals surface area contributed by atoms with E-state index in [1.807, 2.05) is 0 Å². The molecule has 1 atom stereocenters. The Kier molecular flexibility index (Phi) is 4.11. The van der Waals surface area contributed by atoms with Crippen LogP contribution in [0.5, 0.6) is 0 Å². The van der Waals surface area contributed by atoms with Crippen molar-refractivity contribution in [1.82, 2.24) is 5.32 Å². The minimum atomic E-state index is 0.448. The van der Waals surface area contributed by atoms with E-state index in [9.17, 15) is 0 Å². The molecule has 0 spiro atoms. The molecule has 2 heteroatoms. The molecule has 20 heavy (non-hydrogen) atoms. The number of rotatable bonds is 6. The Hall–Kier alpha value is -1.28. The number of furan rings is 1. The maximum atomic E-state index is 6.07. The van der Waals surface area contributed by atoms with Crippen LogP contribution >= 0.6 is 0 Å². The van der Waals surface area contributed by atoms with Crippen molar-refractivity contribution in [2.24, 2.45) is 5.92 Å². The van der Waals surface area contributed by atoms with E-state index < -0.39 is 0 Å². The Morgan fingerprint density at radius 1 is 1.25 bits per heavy atom. The molecule has 1 aromatic heterocycles. The lowest BCUT2D eigenvalue weighted by molar-refractivity contribution is 0.261. The largest absolute Gasteiger partial charge is 0.461 e. The number of aryl methyl sites for hydroxylation is 1. The normalized spacial score (nSPS) is 17.3. The van der Waals surface area contributed by atoms with Gasteiger partial charge in [0.05, 0.1) is 0 Å². The number of nitrogens with one attached hydrogen (secondary N) is 1. The molecule has 0 amide bonds. The lowest BCUT2D eigenvalue weighted by Crippen LogP contribution is -2.26. The Balaban J connectivity index is 1.98. The number of hydrogen-bond acceptors (Lipinski definition) is 2. The standard InChI is InChI=1S/C18H25NO/c1-3-16-18(14-10-5-6-11-17(14)20-16)15(19-4-2)12-13-8-7-9-13/h5-6,10-11,13,15,19H,3-4,7-9,12H2,1-2H3. The summed E-state index contributed by atoms with van der Waals surface area (Å²) in [5.74, 6) is 2.06. The first-order valence-corrected chi connectivity index (χ1v) is 8.07. The first-order valence-electron chi connectivity index (χ1n) is 8.07. The van der Waals surface area contributed by atoms with Crippen LogP contribution in [0.15, 0.2) is 28.7 Å². The highest BCUT2D eigenvalue weighted by atomic mass is 16.3. The predicted octanol–water partition coefficient (Wildman–Crippen LogP) is 4.84. The van der Waals surface area contributed by atoms with Gasteiger partial charge in [-0.25, -0.2) is 0 Å². The number of fused-ring (bicyclic) bond motifs is 1. The molecule has 0 radical (unpaired) electrons. The molecular formula is C18H25NO. The summed E-state index contributed by atoms with van der Waals surface area (Å²) in [5.41, 5.74) is 2.45. The van der Waals surface area contributed by atoms with Gasteiger partial charge in [0.1, 0.15) is 11.3 Å². The molecule has 1 saturated carbocycles. The third-order valence-corrected chi connectivity index (χ3v) is 4.62. The smallest absolute Gasteiger partial charge is 0.134 e. The third kappa shape index (κ3) is 2.49. The second-order valence-corrected chi connectivity index (χ2v) is 5.93. The minimum Gasteiger partial charge on any atom is -0.461 e. The summed E-state index contributed by atoms with van der Waals surface area (Å²) in [7, 11) is 0. The highest BCUT2D eigenvalue weighted by Gasteiger charge is 2.26. The fourth-order valence-corrected chi connectivity index (χ4v) is 3.37. The molecular weight excluding hydrogens is 246 g/mol. The summed E-state index contributed by atoms with van der Waals surface area (Å²) in [6.45, 7) is 5.40. The van der Waals surface area contributed by atoms with Gasteiger partial charge in [-0.3, -0.25) is 0 Å². The van der Waals surface area contributed by atoms with E-state index in [4.69, 9.17) is 4.42 Å². The van der Waals surface area contributed by atoms with Gasteiger partial charge < -0.3 is 9.73 Å². The van der Waals surface area contributed by atoms with Gasteiger partial charge in [0, 0.05) is 23.4 Å². The summed E-state index contributed by atoms with van der Waals surface area (Å²) < 4.78 is 6.07. The average molecular weight is 271 g/mol. The van der Waals surface area contributed by atoms with Crippen LogP contribution in [0.1, 0.15) is 56.9 Å². The molecule has 2 aromatic rings. The van der Waals surface area contributed by atoms with Gasteiger partial charge in [0.15, 0.2) is 0 Å². The quantitative estimate of drug-likeness (QED) is 0.813. The van der Waals surface area contributed by atoms with Gasteiger partial charge in [-0.05, 0) is 24.9 Å². The van der Waals surface area contributed by atoms with Crippen molar-refractivity contribution in [3.8, 4) is 0 Å². The maximum Gasteiger partial charge on any atom is 0.134 e. The summed E-state index contributed by atoms with van der Waals surface area (Å²) in [5, 5.41) is 4.99. The van der Waals surface area contributed by atoms with Crippen LogP contribution in [0, 0.1) is 5.92 Å². The van der Waals surface area contributed by atoms with Crippen molar-refractivity contribution in [2.45, 2.75) is 52.0 Å². The molecule has 1 aliphatic rings. The zero-order chi connectivity index (χ0) is 13.9. The van der Waals surface area contributed by atoms with Crippen LogP contribution in [0.25, 0.3) is 11.0 Å². The maximum absolute atomic E-state index is 6.07. The SMILES string of the molecule is CCNC(CC1CCC1)c1c(CC)oc2ccccc12. The van der Waals surface area contributed by atoms with Crippen LogP contribution in [-0.4, -0.2) is 6.54 Å². The minimum absolute atomic E-state index is 0.448. The van der Waals surface area contributed by atoms with Crippen molar-refractivity contribution in [1.29, 1.82) is 0 Å². The third-order valence-electron chi connectivity index (χ3n) is 4.62. The molecule has 1 unspecified atom stereocenters. The molecule has 1 fully saturated rings. The van der Waals surface area contributed by atoms with Crippen LogP contribution in [0.2, 0.25) is 0 Å². The van der Waals surface area contributed by atoms with Crippen molar-refractivity contribution in [3.05, 3.63) is 35.6 Å². The van der Waals surface area contributed by atoms with Gasteiger partial charge in [-0.1, -0.05) is 51.3 Å². The summed E-state index contributed by atoms with van der Waals surface area (Å²) >= 11 is 0. The molecule has 3 rings (SSSR count). The zero-order valence-corrected chi connectivity index (χ0v) is 12.6. The van der Waals surface area contributed by atoms with Crippen LogP contribution in [0.4, 0.5) is 0 Å². The molecule has 1 aliphatic carbocycles. The van der Waals surface area contributed by atoms with Crippen molar-refractivity contribution in [3.63, 3.8) is 0 Å². The molecule has 0 saturated heterocycles. The van der Waals surface area contributed by atoms with Crippen LogP contribution in [-0.2, 0) is 6.42 Å². The summed E-state index contributed by atoms with van der Waals surface area (Å²) in [6.07, 6.45) is 6.44. The molecule has 1 heterocycles. The number of hydrogen-bond donors (Lipinski definition) is 1. The fraction of sp³-hybridized carbons (Fsp3) is 0.556. The second kappa shape index (κ2) is 6.01. The first-order chi connectivity index (χ1) is 9.83. The fourth-order valence-electron chi connectivity index (χ4n) is 3.37. The lowest BCUT2D eigenvalue weighted by atomic mass is 9.79. The first kappa shape index (κ1) is 13.7. The summed E-state index contributed by atoms with van der Waals surface area (Å²) in [4.78, 5) is 0. The van der Waals surface area contributed by atoms with E-state index >= 15 is 0 Å². The monoisotopic (exact) mass is 271 g/mol. The molecule has 1 aromatic carbocycles. The van der Waals surface area contributed by atoms with Gasteiger partial charge in [0.25, 0.3) is 0 Å². The van der Waals surface area contributed by atoms with Crippen molar-refractivity contribution in [2.75, 3.05) is 6.54 Å². The van der Waals surface area contributed by atoms with E-state index in [2.05, 4.69) is 43.4 Å². The van der Waals surface area contributed by atoms with Crippen LogP contribution < -0.4 is 5.32 Å². The van der Waals surface area contributed by atoms with Gasteiger partial charge in [-0.2, -0.15) is 0 Å². The highest BCUT2D eigenvalue weighted by Crippen LogP contribution is 2.39. The number of para-hydroxylation sites is 1. The zero-order valence-electron chi connectivity index (χ0n) is 12.6. The topological polar surface area (TPSA) is 25.2 Å². The van der Waals surface area contributed by atoms with E-state index in [0.29, 0.717) is 6.04 Å². The Bertz CT molecular complexity index is 568. The molecule has 108 valence electrons.